The Morgan fingerprint density at radius 3 is 2.72 bits per heavy atom. The molecule has 6 rings (SSSR count). The molecule has 0 aliphatic carbocycles. The average Bonchev–Trinajstić information content (AvgIpc) is 3.18. The molecule has 2 aromatic carbocycles. The van der Waals surface area contributed by atoms with Gasteiger partial charge < -0.3 is 4.42 Å². The summed E-state index contributed by atoms with van der Waals surface area (Å²) < 4.78 is 26.3. The number of para-hydroxylation sites is 2. The molecule has 4 aromatic heterocycles. The quantitative estimate of drug-likeness (QED) is 0.432. The standard InChI is InChI=1S/C21H14FN5O2/c1-25-10-11(8-24-25)17-12(22)7-13-18-19-15(9-23-13)26(2)21(28)27(19)14-5-3-4-6-16(14)29-20(17)18/h3-10H,1-2H3. The first-order valence-electron chi connectivity index (χ1n) is 9.03. The zero-order valence-corrected chi connectivity index (χ0v) is 15.5. The molecule has 142 valence electrons. The lowest BCUT2D eigenvalue weighted by Gasteiger charge is -2.07. The van der Waals surface area contributed by atoms with E-state index in [4.69, 9.17) is 4.42 Å². The zero-order chi connectivity index (χ0) is 19.9. The first-order valence-corrected chi connectivity index (χ1v) is 9.03. The van der Waals surface area contributed by atoms with Crippen LogP contribution in [-0.2, 0) is 14.1 Å². The Balaban J connectivity index is 2.03. The van der Waals surface area contributed by atoms with Gasteiger partial charge in [0.15, 0.2) is 5.58 Å². The monoisotopic (exact) mass is 387 g/mol. The second-order valence-electron chi connectivity index (χ2n) is 7.10. The summed E-state index contributed by atoms with van der Waals surface area (Å²) in [7, 11) is 3.47. The molecule has 0 unspecified atom stereocenters. The second kappa shape index (κ2) is 5.32. The van der Waals surface area contributed by atoms with E-state index in [1.807, 2.05) is 18.2 Å². The molecule has 0 saturated carbocycles. The van der Waals surface area contributed by atoms with Crippen molar-refractivity contribution in [2.75, 3.05) is 0 Å². The molecule has 0 N–H and O–H groups in total. The molecule has 4 heterocycles. The Hall–Kier alpha value is -3.94. The number of aryl methyl sites for hydroxylation is 2. The zero-order valence-electron chi connectivity index (χ0n) is 15.5. The normalized spacial score (nSPS) is 12.1. The van der Waals surface area contributed by atoms with E-state index in [0.717, 1.165) is 0 Å². The van der Waals surface area contributed by atoms with Crippen LogP contribution in [0, 0.1) is 5.82 Å². The van der Waals surface area contributed by atoms with Crippen LogP contribution in [0.5, 0.6) is 0 Å². The number of benzene rings is 2. The van der Waals surface area contributed by atoms with E-state index in [2.05, 4.69) is 10.1 Å². The Morgan fingerprint density at radius 1 is 1.10 bits per heavy atom. The highest BCUT2D eigenvalue weighted by molar-refractivity contribution is 6.15. The van der Waals surface area contributed by atoms with Gasteiger partial charge in [-0.1, -0.05) is 12.1 Å². The fourth-order valence-electron chi connectivity index (χ4n) is 4.07. The van der Waals surface area contributed by atoms with Crippen LogP contribution in [0.3, 0.4) is 0 Å². The second-order valence-corrected chi connectivity index (χ2v) is 7.10. The SMILES string of the molecule is Cn1cc(-c2c(F)cc3ncc4c5c3c2oc2ccccc2n5c(=O)n4C)cn1. The minimum absolute atomic E-state index is 0.217. The Kier molecular flexibility index (Phi) is 2.94. The average molecular weight is 387 g/mol. The summed E-state index contributed by atoms with van der Waals surface area (Å²) in [5, 5.41) is 4.77. The summed E-state index contributed by atoms with van der Waals surface area (Å²) in [4.78, 5) is 17.5. The summed E-state index contributed by atoms with van der Waals surface area (Å²) in [6.45, 7) is 0. The highest BCUT2D eigenvalue weighted by Gasteiger charge is 2.23. The van der Waals surface area contributed by atoms with Gasteiger partial charge in [-0.2, -0.15) is 5.10 Å². The summed E-state index contributed by atoms with van der Waals surface area (Å²) in [5.74, 6) is -0.462. The summed E-state index contributed by atoms with van der Waals surface area (Å²) in [6, 6.07) is 8.61. The van der Waals surface area contributed by atoms with E-state index in [9.17, 15) is 4.79 Å². The topological polar surface area (TPSA) is 70.3 Å². The van der Waals surface area contributed by atoms with Gasteiger partial charge in [0.05, 0.1) is 45.4 Å². The van der Waals surface area contributed by atoms with Gasteiger partial charge in [-0.3, -0.25) is 18.6 Å². The molecular formula is C21H14FN5O2. The van der Waals surface area contributed by atoms with E-state index < -0.39 is 5.82 Å². The van der Waals surface area contributed by atoms with E-state index >= 15 is 4.39 Å². The fraction of sp³-hybridized carbons (Fsp3) is 0.0952. The highest BCUT2D eigenvalue weighted by atomic mass is 19.1. The summed E-state index contributed by atoms with van der Waals surface area (Å²) >= 11 is 0. The maximum atomic E-state index is 15.2. The van der Waals surface area contributed by atoms with Crippen molar-refractivity contribution in [1.82, 2.24) is 23.7 Å². The lowest BCUT2D eigenvalue weighted by molar-refractivity contribution is 0.621. The molecule has 7 nitrogen and oxygen atoms in total. The predicted octanol–water partition coefficient (Wildman–Crippen LogP) is 3.63. The third-order valence-electron chi connectivity index (χ3n) is 5.39. The van der Waals surface area contributed by atoms with Gasteiger partial charge in [-0.05, 0) is 12.1 Å². The van der Waals surface area contributed by atoms with Gasteiger partial charge in [0.25, 0.3) is 0 Å². The molecule has 0 aliphatic rings. The van der Waals surface area contributed by atoms with Crippen molar-refractivity contribution in [2.45, 2.75) is 0 Å². The Morgan fingerprint density at radius 2 is 1.93 bits per heavy atom. The number of fused-ring (bicyclic) bond motifs is 2. The van der Waals surface area contributed by atoms with E-state index in [0.29, 0.717) is 49.7 Å². The fourth-order valence-corrected chi connectivity index (χ4v) is 4.07. The van der Waals surface area contributed by atoms with Crippen LogP contribution in [-0.4, -0.2) is 23.7 Å². The smallest absolute Gasteiger partial charge is 0.333 e. The van der Waals surface area contributed by atoms with Crippen LogP contribution >= 0.6 is 0 Å². The molecular weight excluding hydrogens is 373 g/mol. The lowest BCUT2D eigenvalue weighted by atomic mass is 10.0. The number of rotatable bonds is 1. The van der Waals surface area contributed by atoms with Crippen LogP contribution in [0.15, 0.2) is 58.1 Å². The largest absolute Gasteiger partial charge is 0.454 e. The maximum absolute atomic E-state index is 15.2. The van der Waals surface area contributed by atoms with Crippen molar-refractivity contribution >= 4 is 38.6 Å². The van der Waals surface area contributed by atoms with Crippen molar-refractivity contribution in [2.24, 2.45) is 14.1 Å². The molecule has 29 heavy (non-hydrogen) atoms. The van der Waals surface area contributed by atoms with Crippen LogP contribution in [0.1, 0.15) is 0 Å². The van der Waals surface area contributed by atoms with Gasteiger partial charge >= 0.3 is 5.69 Å². The minimum Gasteiger partial charge on any atom is -0.454 e. The van der Waals surface area contributed by atoms with Gasteiger partial charge in [-0.25, -0.2) is 9.18 Å². The van der Waals surface area contributed by atoms with Gasteiger partial charge in [0.2, 0.25) is 0 Å². The molecule has 0 saturated heterocycles. The Bertz CT molecular complexity index is 1670. The van der Waals surface area contributed by atoms with Crippen LogP contribution in [0.2, 0.25) is 0 Å². The molecule has 0 fully saturated rings. The van der Waals surface area contributed by atoms with Crippen LogP contribution in [0.25, 0.3) is 49.7 Å². The molecule has 0 spiro atoms. The number of imidazole rings is 1. The van der Waals surface area contributed by atoms with Gasteiger partial charge in [0.1, 0.15) is 11.4 Å². The van der Waals surface area contributed by atoms with Crippen molar-refractivity contribution in [3.8, 4) is 11.1 Å². The van der Waals surface area contributed by atoms with Crippen LogP contribution in [0.4, 0.5) is 4.39 Å². The molecule has 6 aromatic rings. The number of aromatic nitrogens is 5. The van der Waals surface area contributed by atoms with Crippen molar-refractivity contribution in [3.05, 3.63) is 65.2 Å². The van der Waals surface area contributed by atoms with Crippen molar-refractivity contribution in [3.63, 3.8) is 0 Å². The predicted molar refractivity (Wildman–Crippen MR) is 107 cm³/mol. The number of nitrogens with zero attached hydrogens (tertiary/aromatic N) is 5. The van der Waals surface area contributed by atoms with E-state index in [-0.39, 0.29) is 5.69 Å². The highest BCUT2D eigenvalue weighted by Crippen LogP contribution is 2.38. The van der Waals surface area contributed by atoms with Gasteiger partial charge in [-0.15, -0.1) is 0 Å². The van der Waals surface area contributed by atoms with Crippen molar-refractivity contribution < 1.29 is 8.81 Å². The molecule has 8 heteroatoms. The molecule has 0 amide bonds. The summed E-state index contributed by atoms with van der Waals surface area (Å²) in [6.07, 6.45) is 4.91. The maximum Gasteiger partial charge on any atom is 0.333 e. The first-order chi connectivity index (χ1) is 14.0. The molecule has 0 radical (unpaired) electrons. The molecule has 0 aliphatic heterocycles. The van der Waals surface area contributed by atoms with Gasteiger partial charge in [0, 0.05) is 31.9 Å². The number of pyridine rings is 1. The Labute approximate surface area is 162 Å². The number of hydrogen-bond donors (Lipinski definition) is 0. The third-order valence-corrected chi connectivity index (χ3v) is 5.39. The number of hydrogen-bond acceptors (Lipinski definition) is 4. The molecule has 0 atom stereocenters. The first kappa shape index (κ1) is 16.1. The third kappa shape index (κ3) is 1.97. The van der Waals surface area contributed by atoms with E-state index in [1.54, 1.807) is 52.4 Å². The van der Waals surface area contributed by atoms with E-state index in [1.165, 1.54) is 6.07 Å². The van der Waals surface area contributed by atoms with Crippen LogP contribution < -0.4 is 5.69 Å². The molecule has 0 bridgehead atoms. The summed E-state index contributed by atoms with van der Waals surface area (Å²) in [5.41, 5.74) is 3.77. The lowest BCUT2D eigenvalue weighted by Crippen LogP contribution is -2.17. The minimum atomic E-state index is -0.462. The number of halogens is 1. The van der Waals surface area contributed by atoms with Crippen molar-refractivity contribution in [1.29, 1.82) is 0 Å².